The van der Waals surface area contributed by atoms with E-state index in [1.807, 2.05) is 75.2 Å². The maximum atomic E-state index is 11.5. The number of aryl methyl sites for hydroxylation is 2. The zero-order valence-electron chi connectivity index (χ0n) is 33.4. The van der Waals surface area contributed by atoms with E-state index in [0.717, 1.165) is 0 Å². The quantitative estimate of drug-likeness (QED) is 0.208. The number of aliphatic imine (C=N–C) groups is 1. The molecule has 0 saturated heterocycles. The molecule has 1 aliphatic heterocycles. The van der Waals surface area contributed by atoms with Crippen LogP contribution in [0.5, 0.6) is 5.88 Å². The van der Waals surface area contributed by atoms with Gasteiger partial charge in [-0.05, 0) is 69.2 Å². The number of Topliss-reactive ketones (excluding diaryl/α,β-unsaturated/α-hetero) is 1. The lowest BCUT2D eigenvalue weighted by Crippen LogP contribution is -2.11. The van der Waals surface area contributed by atoms with Gasteiger partial charge in [-0.3, -0.25) is 14.4 Å². The van der Waals surface area contributed by atoms with E-state index in [9.17, 15) is 14.4 Å². The van der Waals surface area contributed by atoms with Gasteiger partial charge in [-0.1, -0.05) is 11.6 Å². The number of rotatable bonds is 5. The summed E-state index contributed by atoms with van der Waals surface area (Å²) in [6, 6.07) is 0.916. The molecular formula is C36H45N17O4. The number of nitrogens with one attached hydrogen (secondary N) is 2. The normalized spacial score (nSPS) is 12.1. The van der Waals surface area contributed by atoms with Gasteiger partial charge in [-0.15, -0.1) is 5.10 Å². The van der Waals surface area contributed by atoms with Gasteiger partial charge >= 0.3 is 0 Å². The molecule has 8 heterocycles. The molecule has 21 heteroatoms. The Morgan fingerprint density at radius 3 is 1.84 bits per heavy atom. The third-order valence-electron chi connectivity index (χ3n) is 8.25. The molecule has 21 nitrogen and oxygen atoms in total. The molecule has 0 fully saturated rings. The highest BCUT2D eigenvalue weighted by atomic mass is 16.5. The van der Waals surface area contributed by atoms with E-state index in [2.05, 4.69) is 60.2 Å². The molecule has 0 amide bonds. The number of aromatic amines is 2. The van der Waals surface area contributed by atoms with Gasteiger partial charge in [-0.25, -0.2) is 34.6 Å². The van der Waals surface area contributed by atoms with E-state index >= 15 is 0 Å². The largest absolute Gasteiger partial charge is 0.385 e. The number of nitrogens with two attached hydrogens (primary N) is 1. The summed E-state index contributed by atoms with van der Waals surface area (Å²) in [6.45, 7) is 19.6. The number of nitrogens with zero attached hydrogens (tertiary/aromatic N) is 14. The van der Waals surface area contributed by atoms with Crippen LogP contribution in [0.3, 0.4) is 0 Å². The smallest absolute Gasteiger partial charge is 0.281 e. The van der Waals surface area contributed by atoms with E-state index in [1.54, 1.807) is 43.7 Å². The molecule has 0 bridgehead atoms. The van der Waals surface area contributed by atoms with Gasteiger partial charge in [0.15, 0.2) is 50.8 Å². The summed E-state index contributed by atoms with van der Waals surface area (Å²) in [5.41, 5.74) is 8.70. The van der Waals surface area contributed by atoms with Crippen LogP contribution in [0, 0.1) is 26.4 Å². The number of anilines is 1. The van der Waals surface area contributed by atoms with Crippen LogP contribution in [0.15, 0.2) is 33.6 Å². The Bertz CT molecular complexity index is 2640. The average Bonchev–Trinajstić information content (AvgIpc) is 3.94. The number of carbonyl (C=O) groups is 1. The summed E-state index contributed by atoms with van der Waals surface area (Å²) in [7, 11) is 0. The van der Waals surface area contributed by atoms with Gasteiger partial charge in [0.05, 0.1) is 25.0 Å². The molecule has 4 N–H and O–H groups in total. The fourth-order valence-corrected chi connectivity index (χ4v) is 5.49. The number of aromatic nitrogens is 15. The second-order valence-corrected chi connectivity index (χ2v) is 13.9. The topological polar surface area (TPSA) is 266 Å². The molecule has 0 radical (unpaired) electrons. The monoisotopic (exact) mass is 779 g/mol. The van der Waals surface area contributed by atoms with Gasteiger partial charge in [0.1, 0.15) is 17.8 Å². The number of H-pyrrole nitrogens is 2. The van der Waals surface area contributed by atoms with Crippen LogP contribution in [0.25, 0.3) is 33.5 Å². The predicted octanol–water partition coefficient (Wildman–Crippen LogP) is 4.12. The number of hydrogen-bond donors (Lipinski definition) is 3. The molecule has 57 heavy (non-hydrogen) atoms. The Morgan fingerprint density at radius 1 is 0.719 bits per heavy atom. The third kappa shape index (κ3) is 8.90. The Balaban J connectivity index is 0.000000145. The number of terminal acetylenes is 1. The van der Waals surface area contributed by atoms with Crippen molar-refractivity contribution in [2.24, 2.45) is 4.99 Å². The Hall–Kier alpha value is -7.11. The van der Waals surface area contributed by atoms with E-state index < -0.39 is 0 Å². The Kier molecular flexibility index (Phi) is 12.3. The maximum Gasteiger partial charge on any atom is 0.281 e. The van der Waals surface area contributed by atoms with E-state index in [0.29, 0.717) is 69.1 Å². The molecule has 1 aliphatic rings. The number of imidazole rings is 3. The zero-order chi connectivity index (χ0) is 41.7. The van der Waals surface area contributed by atoms with Crippen molar-refractivity contribution < 1.29 is 9.53 Å². The van der Waals surface area contributed by atoms with Crippen molar-refractivity contribution in [2.75, 3.05) is 5.73 Å². The minimum Gasteiger partial charge on any atom is -0.385 e. The van der Waals surface area contributed by atoms with Crippen LogP contribution in [0.2, 0.25) is 0 Å². The van der Waals surface area contributed by atoms with Crippen molar-refractivity contribution in [3.05, 3.63) is 57.0 Å². The van der Waals surface area contributed by atoms with Gasteiger partial charge in [-0.2, -0.15) is 9.97 Å². The van der Waals surface area contributed by atoms with Gasteiger partial charge < -0.3 is 34.1 Å². The maximum absolute atomic E-state index is 11.5. The highest BCUT2D eigenvalue weighted by Gasteiger charge is 2.21. The van der Waals surface area contributed by atoms with Gasteiger partial charge in [0.25, 0.3) is 17.0 Å². The van der Waals surface area contributed by atoms with Crippen LogP contribution >= 0.6 is 0 Å². The van der Waals surface area contributed by atoms with Crippen molar-refractivity contribution in [2.45, 2.75) is 99.8 Å². The average molecular weight is 780 g/mol. The first-order valence-corrected chi connectivity index (χ1v) is 18.0. The first-order chi connectivity index (χ1) is 27.0. The molecule has 8 rings (SSSR count). The molecule has 0 saturated carbocycles. The van der Waals surface area contributed by atoms with Crippen molar-refractivity contribution in [3.63, 3.8) is 0 Å². The Morgan fingerprint density at radius 2 is 1.26 bits per heavy atom. The number of ether oxygens (including phenoxy) is 1. The zero-order valence-corrected chi connectivity index (χ0v) is 33.4. The SMILES string of the molecule is C#COc1nc(N)nc2c1ncn2C(C)C.CC(C)n1cnc2c1N=CCC2=O.Cc1nc2c(ncn2C(C)C)c(=O)[nH]1.Cc1nc2c(nnn2C(C)C)c(=O)[nH]1. The summed E-state index contributed by atoms with van der Waals surface area (Å²) in [5.74, 6) is 2.27. The standard InChI is InChI=1S/C10H11N5O.C9H12N4O.C9H11N3O.C8H11N5O/c1-4-16-9-7-8(13-10(11)14-9)15(5-12-7)6(2)3;1-5(2)13-4-10-7-8(13)11-6(3)12-9(7)14;1-6(2)12-5-11-8-7(13)3-4-10-9(8)12;1-4(2)13-7-6(11-12-13)8(14)10-5(3)9-7/h1,5-6H,2-3H3,(H2,11,13,14);4-5H,1-3H3,(H,11,12,14);4-6H,3H2,1-2H3;4H,1-3H3,(H,9,10,14). The van der Waals surface area contributed by atoms with Crippen molar-refractivity contribution in [1.29, 1.82) is 0 Å². The van der Waals surface area contributed by atoms with Crippen LogP contribution in [0.1, 0.15) is 108 Å². The number of nitrogen functional groups attached to an aromatic ring is 1. The number of fused-ring (bicyclic) bond motifs is 4. The summed E-state index contributed by atoms with van der Waals surface area (Å²) in [5, 5.41) is 7.67. The Labute approximate surface area is 325 Å². The third-order valence-corrected chi connectivity index (χ3v) is 8.25. The number of ketones is 1. The van der Waals surface area contributed by atoms with Crippen LogP contribution in [0.4, 0.5) is 11.8 Å². The minimum absolute atomic E-state index is 0.0596. The molecule has 7 aromatic heterocycles. The van der Waals surface area contributed by atoms with E-state index in [1.165, 1.54) is 0 Å². The second kappa shape index (κ2) is 17.1. The van der Waals surface area contributed by atoms with E-state index in [4.69, 9.17) is 16.9 Å². The summed E-state index contributed by atoms with van der Waals surface area (Å²) in [6.07, 6.45) is 14.1. The molecule has 298 valence electrons. The van der Waals surface area contributed by atoms with Crippen LogP contribution < -0.4 is 21.6 Å². The number of hydrogen-bond acceptors (Lipinski definition) is 15. The summed E-state index contributed by atoms with van der Waals surface area (Å²) >= 11 is 0. The summed E-state index contributed by atoms with van der Waals surface area (Å²) in [4.78, 5) is 72.4. The lowest BCUT2D eigenvalue weighted by molar-refractivity contribution is 0.0996. The van der Waals surface area contributed by atoms with Crippen LogP contribution in [-0.2, 0) is 0 Å². The fourth-order valence-electron chi connectivity index (χ4n) is 5.49. The molecular weight excluding hydrogens is 735 g/mol. The first kappa shape index (κ1) is 41.1. The van der Waals surface area contributed by atoms with Crippen LogP contribution in [-0.4, -0.2) is 85.5 Å². The molecule has 0 aliphatic carbocycles. The van der Waals surface area contributed by atoms with Gasteiger partial charge in [0, 0.05) is 30.8 Å². The van der Waals surface area contributed by atoms with Crippen molar-refractivity contribution >= 4 is 57.3 Å². The fraction of sp³-hybridized carbons (Fsp3) is 0.417. The molecule has 0 atom stereocenters. The number of carbonyl (C=O) groups excluding carboxylic acids is 1. The highest BCUT2D eigenvalue weighted by Crippen LogP contribution is 2.26. The first-order valence-electron chi connectivity index (χ1n) is 18.0. The second-order valence-electron chi connectivity index (χ2n) is 13.9. The minimum atomic E-state index is -0.237. The van der Waals surface area contributed by atoms with Crippen molar-refractivity contribution in [1.82, 2.24) is 73.6 Å². The summed E-state index contributed by atoms with van der Waals surface area (Å²) < 4.78 is 12.2. The molecule has 7 aromatic rings. The molecule has 0 spiro atoms. The van der Waals surface area contributed by atoms with E-state index in [-0.39, 0.29) is 46.9 Å². The predicted molar refractivity (Wildman–Crippen MR) is 214 cm³/mol. The van der Waals surface area contributed by atoms with Gasteiger partial charge in [0.2, 0.25) is 5.95 Å². The highest BCUT2D eigenvalue weighted by molar-refractivity contribution is 6.08. The molecule has 0 aromatic carbocycles. The molecule has 0 unspecified atom stereocenters. The lowest BCUT2D eigenvalue weighted by atomic mass is 10.2. The lowest BCUT2D eigenvalue weighted by Gasteiger charge is -2.10. The van der Waals surface area contributed by atoms with Crippen molar-refractivity contribution in [3.8, 4) is 18.4 Å².